The normalized spacial score (nSPS) is 18.8. The first-order chi connectivity index (χ1) is 7.46. The lowest BCUT2D eigenvalue weighted by atomic mass is 9.87. The van der Waals surface area contributed by atoms with Crippen molar-refractivity contribution in [1.29, 1.82) is 0 Å². The van der Waals surface area contributed by atoms with Crippen molar-refractivity contribution in [3.8, 4) is 0 Å². The zero-order chi connectivity index (χ0) is 11.8. The van der Waals surface area contributed by atoms with Crippen LogP contribution in [0, 0.1) is 5.41 Å². The third kappa shape index (κ3) is 3.04. The van der Waals surface area contributed by atoms with Crippen LogP contribution >= 0.6 is 0 Å². The minimum Gasteiger partial charge on any atom is -0.327 e. The zero-order valence-corrected chi connectivity index (χ0v) is 10.5. The van der Waals surface area contributed by atoms with Gasteiger partial charge in [0.2, 0.25) is 0 Å². The summed E-state index contributed by atoms with van der Waals surface area (Å²) < 4.78 is 2.20. The second-order valence-corrected chi connectivity index (χ2v) is 6.11. The van der Waals surface area contributed by atoms with Crippen molar-refractivity contribution in [2.75, 3.05) is 0 Å². The molecule has 0 saturated heterocycles. The first-order valence-electron chi connectivity index (χ1n) is 6.10. The Morgan fingerprint density at radius 1 is 1.50 bits per heavy atom. The number of hydrogen-bond donors (Lipinski definition) is 1. The molecule has 2 N–H and O–H groups in total. The lowest BCUT2D eigenvalue weighted by molar-refractivity contribution is 0.335. The number of nitrogens with zero attached hydrogens (tertiary/aromatic N) is 3. The van der Waals surface area contributed by atoms with E-state index in [1.807, 2.05) is 6.33 Å². The van der Waals surface area contributed by atoms with Gasteiger partial charge < -0.3 is 10.3 Å². The summed E-state index contributed by atoms with van der Waals surface area (Å²) >= 11 is 0. The van der Waals surface area contributed by atoms with E-state index in [9.17, 15) is 0 Å². The molecule has 1 heterocycles. The van der Waals surface area contributed by atoms with E-state index in [-0.39, 0.29) is 11.5 Å². The fourth-order valence-electron chi connectivity index (χ4n) is 2.16. The third-order valence-corrected chi connectivity index (χ3v) is 2.91. The molecule has 1 aliphatic rings. The zero-order valence-electron chi connectivity index (χ0n) is 10.5. The Hall–Kier alpha value is -0.900. The summed E-state index contributed by atoms with van der Waals surface area (Å²) in [7, 11) is 0. The Morgan fingerprint density at radius 2 is 2.19 bits per heavy atom. The molecule has 1 aromatic heterocycles. The van der Waals surface area contributed by atoms with Gasteiger partial charge in [-0.1, -0.05) is 20.8 Å². The summed E-state index contributed by atoms with van der Waals surface area (Å²) in [5.41, 5.74) is 6.44. The lowest BCUT2D eigenvalue weighted by Crippen LogP contribution is -2.29. The predicted molar refractivity (Wildman–Crippen MR) is 64.0 cm³/mol. The molecule has 90 valence electrons. The molecule has 0 aromatic carbocycles. The van der Waals surface area contributed by atoms with E-state index in [0.717, 1.165) is 18.7 Å². The van der Waals surface area contributed by atoms with Crippen molar-refractivity contribution >= 4 is 0 Å². The molecule has 0 aliphatic heterocycles. The summed E-state index contributed by atoms with van der Waals surface area (Å²) in [5, 5.41) is 8.17. The van der Waals surface area contributed by atoms with Gasteiger partial charge in [-0.2, -0.15) is 0 Å². The van der Waals surface area contributed by atoms with Crippen LogP contribution in [0.4, 0.5) is 0 Å². The first-order valence-corrected chi connectivity index (χ1v) is 6.10. The third-order valence-electron chi connectivity index (χ3n) is 2.91. The summed E-state index contributed by atoms with van der Waals surface area (Å²) in [5.74, 6) is 1.05. The van der Waals surface area contributed by atoms with Gasteiger partial charge in [-0.05, 0) is 24.7 Å². The van der Waals surface area contributed by atoms with Gasteiger partial charge in [0.05, 0.1) is 0 Å². The molecule has 2 rings (SSSR count). The molecule has 1 aromatic rings. The van der Waals surface area contributed by atoms with E-state index < -0.39 is 0 Å². The minimum atomic E-state index is 0.182. The van der Waals surface area contributed by atoms with Gasteiger partial charge in [-0.25, -0.2) is 0 Å². The number of aromatic nitrogens is 3. The molecule has 1 aliphatic carbocycles. The molecule has 4 nitrogen and oxygen atoms in total. The highest BCUT2D eigenvalue weighted by molar-refractivity contribution is 4.97. The predicted octanol–water partition coefficient (Wildman–Crippen LogP) is 1.92. The second-order valence-electron chi connectivity index (χ2n) is 6.11. The van der Waals surface area contributed by atoms with Crippen LogP contribution in [-0.4, -0.2) is 20.8 Å². The van der Waals surface area contributed by atoms with Gasteiger partial charge in [0.25, 0.3) is 0 Å². The van der Waals surface area contributed by atoms with Crippen molar-refractivity contribution in [2.45, 2.75) is 58.5 Å². The highest BCUT2D eigenvalue weighted by atomic mass is 15.3. The maximum absolute atomic E-state index is 6.16. The molecular formula is C12H22N4. The SMILES string of the molecule is CC(C)(C)CC(N)Cc1nncn1C1CC1. The van der Waals surface area contributed by atoms with Crippen LogP contribution in [0.2, 0.25) is 0 Å². The van der Waals surface area contributed by atoms with E-state index in [1.165, 1.54) is 12.8 Å². The summed E-state index contributed by atoms with van der Waals surface area (Å²) in [6.07, 6.45) is 6.23. The van der Waals surface area contributed by atoms with Crippen molar-refractivity contribution in [2.24, 2.45) is 11.1 Å². The minimum absolute atomic E-state index is 0.182. The van der Waals surface area contributed by atoms with Gasteiger partial charge >= 0.3 is 0 Å². The van der Waals surface area contributed by atoms with E-state index in [4.69, 9.17) is 5.73 Å². The number of nitrogens with two attached hydrogens (primary N) is 1. The van der Waals surface area contributed by atoms with Crippen LogP contribution in [-0.2, 0) is 6.42 Å². The van der Waals surface area contributed by atoms with Gasteiger partial charge in [0, 0.05) is 18.5 Å². The van der Waals surface area contributed by atoms with Crippen molar-refractivity contribution in [3.63, 3.8) is 0 Å². The summed E-state index contributed by atoms with van der Waals surface area (Å²) in [6, 6.07) is 0.827. The summed E-state index contributed by atoms with van der Waals surface area (Å²) in [6.45, 7) is 6.66. The molecule has 0 radical (unpaired) electrons. The monoisotopic (exact) mass is 222 g/mol. The van der Waals surface area contributed by atoms with E-state index in [0.29, 0.717) is 6.04 Å². The summed E-state index contributed by atoms with van der Waals surface area (Å²) in [4.78, 5) is 0. The molecule has 0 bridgehead atoms. The highest BCUT2D eigenvalue weighted by Crippen LogP contribution is 2.35. The Labute approximate surface area is 97.2 Å². The molecule has 1 fully saturated rings. The number of hydrogen-bond acceptors (Lipinski definition) is 3. The van der Waals surface area contributed by atoms with Crippen LogP contribution < -0.4 is 5.73 Å². The van der Waals surface area contributed by atoms with Gasteiger partial charge in [-0.15, -0.1) is 10.2 Å². The standard InChI is InChI=1S/C12H22N4/c1-12(2,3)7-9(13)6-11-15-14-8-16(11)10-4-5-10/h8-10H,4-7,13H2,1-3H3. The van der Waals surface area contributed by atoms with E-state index >= 15 is 0 Å². The van der Waals surface area contributed by atoms with Crippen LogP contribution in [0.3, 0.4) is 0 Å². The molecule has 4 heteroatoms. The largest absolute Gasteiger partial charge is 0.327 e. The van der Waals surface area contributed by atoms with E-state index in [1.54, 1.807) is 0 Å². The van der Waals surface area contributed by atoms with E-state index in [2.05, 4.69) is 35.5 Å². The maximum atomic E-state index is 6.16. The molecule has 16 heavy (non-hydrogen) atoms. The Morgan fingerprint density at radius 3 is 2.75 bits per heavy atom. The Balaban J connectivity index is 1.95. The molecular weight excluding hydrogens is 200 g/mol. The fraction of sp³-hybridized carbons (Fsp3) is 0.833. The second kappa shape index (κ2) is 4.17. The van der Waals surface area contributed by atoms with Crippen molar-refractivity contribution in [3.05, 3.63) is 12.2 Å². The van der Waals surface area contributed by atoms with Gasteiger partial charge in [0.1, 0.15) is 12.2 Å². The van der Waals surface area contributed by atoms with Gasteiger partial charge in [-0.3, -0.25) is 0 Å². The number of rotatable bonds is 4. The molecule has 0 spiro atoms. The molecule has 0 amide bonds. The lowest BCUT2D eigenvalue weighted by Gasteiger charge is -2.22. The van der Waals surface area contributed by atoms with Crippen molar-refractivity contribution < 1.29 is 0 Å². The fourth-order valence-corrected chi connectivity index (χ4v) is 2.16. The highest BCUT2D eigenvalue weighted by Gasteiger charge is 2.27. The van der Waals surface area contributed by atoms with Crippen molar-refractivity contribution in [1.82, 2.24) is 14.8 Å². The van der Waals surface area contributed by atoms with Crippen LogP contribution in [0.25, 0.3) is 0 Å². The quantitative estimate of drug-likeness (QED) is 0.846. The topological polar surface area (TPSA) is 56.7 Å². The van der Waals surface area contributed by atoms with Crippen LogP contribution in [0.1, 0.15) is 51.9 Å². The van der Waals surface area contributed by atoms with Crippen LogP contribution in [0.15, 0.2) is 6.33 Å². The molecule has 1 atom stereocenters. The molecule has 1 unspecified atom stereocenters. The maximum Gasteiger partial charge on any atom is 0.134 e. The Kier molecular flexibility index (Phi) is 3.02. The van der Waals surface area contributed by atoms with Gasteiger partial charge in [0.15, 0.2) is 0 Å². The average molecular weight is 222 g/mol. The smallest absolute Gasteiger partial charge is 0.134 e. The average Bonchev–Trinajstić information content (AvgIpc) is 2.85. The first kappa shape index (κ1) is 11.6. The Bertz CT molecular complexity index is 346. The molecule has 1 saturated carbocycles. The van der Waals surface area contributed by atoms with Crippen LogP contribution in [0.5, 0.6) is 0 Å².